The van der Waals surface area contributed by atoms with Crippen molar-refractivity contribution < 1.29 is 4.42 Å². The van der Waals surface area contributed by atoms with Gasteiger partial charge in [0.25, 0.3) is 0 Å². The molecule has 2 aromatic heterocycles. The first-order chi connectivity index (χ1) is 23.1. The second-order valence-corrected chi connectivity index (χ2v) is 11.8. The summed E-state index contributed by atoms with van der Waals surface area (Å²) >= 11 is 0. The van der Waals surface area contributed by atoms with E-state index in [9.17, 15) is 5.26 Å². The number of nitrogens with zero attached hydrogens (tertiary/aromatic N) is 4. The van der Waals surface area contributed by atoms with Crippen LogP contribution in [0.3, 0.4) is 0 Å². The highest BCUT2D eigenvalue weighted by atomic mass is 16.3. The Bertz CT molecular complexity index is 2450. The molecule has 2 heterocycles. The standard InChI is InChI=1S/C41H29N5O/c1-26-8-7-12-33-34-22-23-35-32-11-5-6-13-36(32)47-39(35)38(34)46(37(26)33)31-20-16-28(17-21-31)25-44-41(30-18-14-27(24-42)15-19-30)45-40(43)29-9-3-2-4-10-29/h2-7,9-23,25-26,43H,8H2,1H3. The Morgan fingerprint density at radius 2 is 1.60 bits per heavy atom. The van der Waals surface area contributed by atoms with E-state index in [1.54, 1.807) is 18.3 Å². The minimum atomic E-state index is 0.113. The number of hydrogen-bond donors (Lipinski definition) is 1. The van der Waals surface area contributed by atoms with Crippen LogP contribution in [0.15, 0.2) is 136 Å². The van der Waals surface area contributed by atoms with Crippen molar-refractivity contribution in [3.63, 3.8) is 0 Å². The highest BCUT2D eigenvalue weighted by Crippen LogP contribution is 2.43. The number of rotatable bonds is 4. The second-order valence-electron chi connectivity index (χ2n) is 11.8. The molecule has 1 atom stereocenters. The predicted molar refractivity (Wildman–Crippen MR) is 191 cm³/mol. The summed E-state index contributed by atoms with van der Waals surface area (Å²) in [5, 5.41) is 21.3. The smallest absolute Gasteiger partial charge is 0.161 e. The molecule has 224 valence electrons. The Kier molecular flexibility index (Phi) is 6.93. The summed E-state index contributed by atoms with van der Waals surface area (Å²) in [6, 6.07) is 39.6. The lowest BCUT2D eigenvalue weighted by Gasteiger charge is -2.19. The van der Waals surface area contributed by atoms with Gasteiger partial charge in [-0.1, -0.05) is 85.8 Å². The van der Waals surface area contributed by atoms with Crippen LogP contribution in [-0.2, 0) is 0 Å². The van der Waals surface area contributed by atoms with Gasteiger partial charge in [-0.3, -0.25) is 5.41 Å². The predicted octanol–water partition coefficient (Wildman–Crippen LogP) is 9.81. The van der Waals surface area contributed by atoms with Crippen LogP contribution in [0, 0.1) is 16.7 Å². The summed E-state index contributed by atoms with van der Waals surface area (Å²) in [7, 11) is 0. The lowest BCUT2D eigenvalue weighted by molar-refractivity contribution is 0.669. The molecular formula is C41H29N5O. The van der Waals surface area contributed by atoms with Crippen molar-refractivity contribution in [1.82, 2.24) is 4.57 Å². The van der Waals surface area contributed by atoms with Gasteiger partial charge in [0.1, 0.15) is 5.58 Å². The van der Waals surface area contributed by atoms with Crippen LogP contribution in [0.2, 0.25) is 0 Å². The largest absolute Gasteiger partial charge is 0.454 e. The van der Waals surface area contributed by atoms with Gasteiger partial charge in [0.2, 0.25) is 0 Å². The van der Waals surface area contributed by atoms with Gasteiger partial charge in [-0.05, 0) is 60.5 Å². The molecule has 0 bridgehead atoms. The number of benzene rings is 5. The van der Waals surface area contributed by atoms with Crippen molar-refractivity contribution >= 4 is 56.8 Å². The molecule has 8 rings (SSSR count). The summed E-state index contributed by atoms with van der Waals surface area (Å²) in [4.78, 5) is 9.33. The lowest BCUT2D eigenvalue weighted by Crippen LogP contribution is -2.07. The molecule has 6 heteroatoms. The van der Waals surface area contributed by atoms with Gasteiger partial charge in [0.15, 0.2) is 17.3 Å². The van der Waals surface area contributed by atoms with E-state index in [1.165, 1.54) is 16.6 Å². The normalized spacial score (nSPS) is 14.6. The monoisotopic (exact) mass is 607 g/mol. The molecule has 0 amide bonds. The molecule has 5 aromatic carbocycles. The Morgan fingerprint density at radius 1 is 0.851 bits per heavy atom. The third-order valence-electron chi connectivity index (χ3n) is 8.82. The minimum absolute atomic E-state index is 0.113. The van der Waals surface area contributed by atoms with Gasteiger partial charge < -0.3 is 8.98 Å². The molecule has 0 aliphatic heterocycles. The first-order valence-electron chi connectivity index (χ1n) is 15.6. The Morgan fingerprint density at radius 3 is 2.38 bits per heavy atom. The molecule has 0 spiro atoms. The number of furan rings is 1. The molecule has 0 saturated heterocycles. The van der Waals surface area contributed by atoms with Crippen molar-refractivity contribution in [2.24, 2.45) is 9.98 Å². The van der Waals surface area contributed by atoms with Crippen LogP contribution >= 0.6 is 0 Å². The zero-order valence-corrected chi connectivity index (χ0v) is 25.7. The molecule has 1 N–H and O–H groups in total. The third-order valence-corrected chi connectivity index (χ3v) is 8.82. The average molecular weight is 608 g/mol. The second kappa shape index (κ2) is 11.6. The average Bonchev–Trinajstić information content (AvgIpc) is 3.67. The van der Waals surface area contributed by atoms with E-state index < -0.39 is 0 Å². The first-order valence-corrected chi connectivity index (χ1v) is 15.6. The van der Waals surface area contributed by atoms with Crippen molar-refractivity contribution in [2.45, 2.75) is 19.3 Å². The SMILES string of the molecule is CC1CC=Cc2c1n(-c1ccc(C=NC(=NC(=N)c3ccccc3)c3ccc(C#N)cc3)cc1)c1c2ccc2c3ccccc3oc21. The number of aromatic nitrogens is 1. The number of para-hydroxylation sites is 1. The molecule has 1 unspecified atom stereocenters. The van der Waals surface area contributed by atoms with E-state index in [0.29, 0.717) is 22.9 Å². The summed E-state index contributed by atoms with van der Waals surface area (Å²) in [6.45, 7) is 2.28. The number of allylic oxidation sites excluding steroid dienone is 1. The van der Waals surface area contributed by atoms with E-state index in [4.69, 9.17) is 14.8 Å². The number of nitriles is 1. The first kappa shape index (κ1) is 28.2. The summed E-state index contributed by atoms with van der Waals surface area (Å²) in [5.41, 5.74) is 9.31. The van der Waals surface area contributed by atoms with Gasteiger partial charge in [0, 0.05) is 56.4 Å². The van der Waals surface area contributed by atoms with Gasteiger partial charge in [-0.2, -0.15) is 5.26 Å². The molecule has 0 radical (unpaired) electrons. The summed E-state index contributed by atoms with van der Waals surface area (Å²) < 4.78 is 8.91. The van der Waals surface area contributed by atoms with Crippen LogP contribution in [0.25, 0.3) is 44.6 Å². The van der Waals surface area contributed by atoms with Gasteiger partial charge in [-0.15, -0.1) is 0 Å². The highest BCUT2D eigenvalue weighted by molar-refractivity contribution is 6.16. The van der Waals surface area contributed by atoms with Gasteiger partial charge in [0.05, 0.1) is 17.1 Å². The molecule has 0 fully saturated rings. The van der Waals surface area contributed by atoms with Crippen LogP contribution in [0.5, 0.6) is 0 Å². The van der Waals surface area contributed by atoms with Crippen LogP contribution in [0.1, 0.15) is 52.8 Å². The van der Waals surface area contributed by atoms with Crippen molar-refractivity contribution in [2.75, 3.05) is 0 Å². The number of amidine groups is 2. The van der Waals surface area contributed by atoms with Gasteiger partial charge >= 0.3 is 0 Å². The molecule has 7 aromatic rings. The molecule has 0 saturated carbocycles. The van der Waals surface area contributed by atoms with Crippen molar-refractivity contribution in [1.29, 1.82) is 10.7 Å². The number of fused-ring (bicyclic) bond motifs is 7. The zero-order chi connectivity index (χ0) is 31.9. The maximum atomic E-state index is 9.27. The lowest BCUT2D eigenvalue weighted by atomic mass is 9.93. The molecule has 6 nitrogen and oxygen atoms in total. The fourth-order valence-electron chi connectivity index (χ4n) is 6.50. The number of hydrogen-bond acceptors (Lipinski definition) is 3. The number of aliphatic imine (C=N–C) groups is 2. The third kappa shape index (κ3) is 4.95. The Balaban J connectivity index is 1.21. The highest BCUT2D eigenvalue weighted by Gasteiger charge is 2.26. The van der Waals surface area contributed by atoms with Crippen LogP contribution in [0.4, 0.5) is 0 Å². The number of nitrogens with one attached hydrogen (secondary N) is 1. The van der Waals surface area contributed by atoms with Crippen LogP contribution < -0.4 is 0 Å². The van der Waals surface area contributed by atoms with E-state index in [-0.39, 0.29) is 5.84 Å². The zero-order valence-electron chi connectivity index (χ0n) is 25.7. The Labute approximate surface area is 271 Å². The van der Waals surface area contributed by atoms with Gasteiger partial charge in [-0.25, -0.2) is 9.98 Å². The molecule has 47 heavy (non-hydrogen) atoms. The van der Waals surface area contributed by atoms with Crippen molar-refractivity contribution in [3.8, 4) is 11.8 Å². The van der Waals surface area contributed by atoms with E-state index in [2.05, 4.69) is 83.2 Å². The van der Waals surface area contributed by atoms with Crippen molar-refractivity contribution in [3.05, 3.63) is 155 Å². The minimum Gasteiger partial charge on any atom is -0.454 e. The maximum Gasteiger partial charge on any atom is 0.161 e. The van der Waals surface area contributed by atoms with E-state index in [1.807, 2.05) is 54.6 Å². The fourth-order valence-corrected chi connectivity index (χ4v) is 6.50. The molecule has 1 aliphatic carbocycles. The molecule has 1 aliphatic rings. The summed E-state index contributed by atoms with van der Waals surface area (Å²) in [5.74, 6) is 0.849. The fraction of sp³-hybridized carbons (Fsp3) is 0.0732. The van der Waals surface area contributed by atoms with E-state index >= 15 is 0 Å². The topological polar surface area (TPSA) is 90.4 Å². The Hall–Kier alpha value is -6.32. The quantitative estimate of drug-likeness (QED) is 0.159. The molecular weight excluding hydrogens is 578 g/mol. The maximum absolute atomic E-state index is 9.27. The van der Waals surface area contributed by atoms with E-state index in [0.717, 1.165) is 50.7 Å². The van der Waals surface area contributed by atoms with Crippen LogP contribution in [-0.4, -0.2) is 22.5 Å². The summed E-state index contributed by atoms with van der Waals surface area (Å²) in [6.07, 6.45) is 7.27.